The fraction of sp³-hybridized carbons (Fsp3) is 0.630. The van der Waals surface area contributed by atoms with Crippen molar-refractivity contribution in [3.63, 3.8) is 0 Å². The van der Waals surface area contributed by atoms with E-state index in [1.54, 1.807) is 0 Å². The van der Waals surface area contributed by atoms with E-state index < -0.39 is 0 Å². The zero-order valence-electron chi connectivity index (χ0n) is 20.6. The van der Waals surface area contributed by atoms with E-state index in [9.17, 15) is 4.79 Å². The summed E-state index contributed by atoms with van der Waals surface area (Å²) in [6.45, 7) is 11.8. The molecular formula is C27H37N3O3. The van der Waals surface area contributed by atoms with Gasteiger partial charge in [-0.2, -0.15) is 5.10 Å². The van der Waals surface area contributed by atoms with Crippen molar-refractivity contribution in [1.29, 1.82) is 0 Å². The molecule has 4 atom stereocenters. The van der Waals surface area contributed by atoms with Crippen LogP contribution in [0, 0.1) is 5.92 Å². The Bertz CT molecular complexity index is 1010. The normalized spacial score (nSPS) is 28.0. The summed E-state index contributed by atoms with van der Waals surface area (Å²) in [5, 5.41) is 6.83. The predicted octanol–water partition coefficient (Wildman–Crippen LogP) is 4.95. The molecule has 1 aromatic heterocycles. The van der Waals surface area contributed by atoms with Crippen molar-refractivity contribution in [2.24, 2.45) is 5.92 Å². The molecule has 33 heavy (non-hydrogen) atoms. The summed E-state index contributed by atoms with van der Waals surface area (Å²) in [6.07, 6.45) is 7.98. The summed E-state index contributed by atoms with van der Waals surface area (Å²) < 4.78 is 13.3. The van der Waals surface area contributed by atoms with Gasteiger partial charge in [0, 0.05) is 30.6 Å². The molecule has 0 aliphatic carbocycles. The molecule has 0 saturated carbocycles. The van der Waals surface area contributed by atoms with Gasteiger partial charge in [-0.3, -0.25) is 9.89 Å². The third-order valence-corrected chi connectivity index (χ3v) is 7.85. The maximum atomic E-state index is 13.1. The highest BCUT2D eigenvalue weighted by molar-refractivity contribution is 5.77. The van der Waals surface area contributed by atoms with Crippen LogP contribution in [0.15, 0.2) is 30.6 Å². The van der Waals surface area contributed by atoms with Gasteiger partial charge in [-0.25, -0.2) is 0 Å². The van der Waals surface area contributed by atoms with Crippen molar-refractivity contribution in [2.75, 3.05) is 6.54 Å². The van der Waals surface area contributed by atoms with Gasteiger partial charge < -0.3 is 14.4 Å². The summed E-state index contributed by atoms with van der Waals surface area (Å²) in [4.78, 5) is 15.2. The molecule has 6 heteroatoms. The van der Waals surface area contributed by atoms with E-state index in [0.29, 0.717) is 6.42 Å². The minimum Gasteiger partial charge on any atom is -0.487 e. The van der Waals surface area contributed by atoms with Gasteiger partial charge in [0.25, 0.3) is 0 Å². The zero-order chi connectivity index (χ0) is 23.4. The van der Waals surface area contributed by atoms with E-state index in [1.165, 1.54) is 11.1 Å². The lowest BCUT2D eigenvalue weighted by Crippen LogP contribution is -2.54. The van der Waals surface area contributed by atoms with Gasteiger partial charge in [-0.05, 0) is 68.2 Å². The highest BCUT2D eigenvalue weighted by atomic mass is 16.5. The number of aromatic amines is 1. The Morgan fingerprint density at radius 1 is 1.30 bits per heavy atom. The molecule has 3 aliphatic rings. The first-order valence-corrected chi connectivity index (χ1v) is 12.4. The highest BCUT2D eigenvalue weighted by Gasteiger charge is 2.53. The van der Waals surface area contributed by atoms with Gasteiger partial charge in [0.15, 0.2) is 0 Å². The minimum atomic E-state index is -0.343. The Kier molecular flexibility index (Phi) is 5.55. The topological polar surface area (TPSA) is 67.5 Å². The van der Waals surface area contributed by atoms with E-state index in [1.807, 2.05) is 12.4 Å². The number of hydrogen-bond donors (Lipinski definition) is 1. The van der Waals surface area contributed by atoms with Gasteiger partial charge in [0.1, 0.15) is 11.4 Å². The van der Waals surface area contributed by atoms with Crippen LogP contribution in [0.2, 0.25) is 0 Å². The number of carbonyl (C=O) groups is 1. The van der Waals surface area contributed by atoms with Crippen LogP contribution in [0.4, 0.5) is 0 Å². The minimum absolute atomic E-state index is 0.0171. The lowest BCUT2D eigenvalue weighted by molar-refractivity contribution is -0.167. The second-order valence-corrected chi connectivity index (χ2v) is 11.5. The maximum absolute atomic E-state index is 13.1. The van der Waals surface area contributed by atoms with Crippen LogP contribution < -0.4 is 4.74 Å². The SMILES string of the molecule is CC(C)(C)c1ccc2c(c1)[C@@H]1O[C@@H]3CCN(C(=O)CCCc4cn[nH]c4)[C@@H]3C[C@H]1C(C)(C)O2. The number of fused-ring (bicyclic) bond motifs is 4. The molecule has 0 radical (unpaired) electrons. The molecule has 2 fully saturated rings. The molecule has 3 aliphatic heterocycles. The van der Waals surface area contributed by atoms with E-state index in [0.717, 1.165) is 43.5 Å². The monoisotopic (exact) mass is 451 g/mol. The third kappa shape index (κ3) is 4.18. The van der Waals surface area contributed by atoms with Crippen LogP contribution in [-0.2, 0) is 21.4 Å². The fourth-order valence-corrected chi connectivity index (χ4v) is 5.87. The molecule has 178 valence electrons. The molecule has 4 heterocycles. The Balaban J connectivity index is 1.33. The van der Waals surface area contributed by atoms with Crippen molar-refractivity contribution in [3.05, 3.63) is 47.3 Å². The molecule has 6 nitrogen and oxygen atoms in total. The van der Waals surface area contributed by atoms with Crippen molar-refractivity contribution in [1.82, 2.24) is 15.1 Å². The van der Waals surface area contributed by atoms with Crippen molar-refractivity contribution in [3.8, 4) is 5.75 Å². The van der Waals surface area contributed by atoms with E-state index in [-0.39, 0.29) is 41.1 Å². The molecule has 1 amide bonds. The number of aryl methyl sites for hydroxylation is 1. The van der Waals surface area contributed by atoms with Gasteiger partial charge in [0.2, 0.25) is 5.91 Å². The maximum Gasteiger partial charge on any atom is 0.222 e. The highest BCUT2D eigenvalue weighted by Crippen LogP contribution is 2.53. The summed E-state index contributed by atoms with van der Waals surface area (Å²) in [6, 6.07) is 6.73. The Labute approximate surface area is 197 Å². The molecule has 0 spiro atoms. The molecule has 1 aromatic carbocycles. The van der Waals surface area contributed by atoms with E-state index in [4.69, 9.17) is 9.47 Å². The van der Waals surface area contributed by atoms with Crippen LogP contribution in [0.25, 0.3) is 0 Å². The van der Waals surface area contributed by atoms with E-state index in [2.05, 4.69) is 67.9 Å². The van der Waals surface area contributed by atoms with Gasteiger partial charge in [-0.1, -0.05) is 26.8 Å². The number of H-pyrrole nitrogens is 1. The largest absolute Gasteiger partial charge is 0.487 e. The summed E-state index contributed by atoms with van der Waals surface area (Å²) in [7, 11) is 0. The Hall–Kier alpha value is -2.34. The van der Waals surface area contributed by atoms with Crippen molar-refractivity contribution in [2.45, 2.75) is 96.0 Å². The average molecular weight is 452 g/mol. The molecule has 1 N–H and O–H groups in total. The first kappa shape index (κ1) is 22.5. The number of ether oxygens (including phenoxy) is 2. The van der Waals surface area contributed by atoms with Crippen LogP contribution in [0.5, 0.6) is 5.75 Å². The van der Waals surface area contributed by atoms with Gasteiger partial charge >= 0.3 is 0 Å². The number of hydrogen-bond acceptors (Lipinski definition) is 4. The average Bonchev–Trinajstić information content (AvgIpc) is 3.41. The standard InChI is InChI=1S/C27H37N3O3/c1-26(2,3)18-9-10-22-19(13-18)25-20(27(4,5)33-22)14-21-23(32-25)11-12-30(21)24(31)8-6-7-17-15-28-29-16-17/h9-10,13,15-16,20-21,23,25H,6-8,11-12,14H2,1-5H3,(H,28,29)/t20-,21-,23-,25+/m1/s1. The lowest BCUT2D eigenvalue weighted by atomic mass is 9.73. The number of benzene rings is 1. The third-order valence-electron chi connectivity index (χ3n) is 7.85. The molecule has 0 unspecified atom stereocenters. The second-order valence-electron chi connectivity index (χ2n) is 11.5. The fourth-order valence-electron chi connectivity index (χ4n) is 5.87. The summed E-state index contributed by atoms with van der Waals surface area (Å²) in [5.41, 5.74) is 3.36. The van der Waals surface area contributed by atoms with Gasteiger partial charge in [0.05, 0.1) is 24.4 Å². The smallest absolute Gasteiger partial charge is 0.222 e. The van der Waals surface area contributed by atoms with Crippen LogP contribution in [0.1, 0.15) is 83.1 Å². The number of nitrogens with zero attached hydrogens (tertiary/aromatic N) is 2. The van der Waals surface area contributed by atoms with Crippen molar-refractivity contribution < 1.29 is 14.3 Å². The van der Waals surface area contributed by atoms with Crippen LogP contribution in [0.3, 0.4) is 0 Å². The van der Waals surface area contributed by atoms with E-state index >= 15 is 0 Å². The Morgan fingerprint density at radius 3 is 2.85 bits per heavy atom. The van der Waals surface area contributed by atoms with Crippen LogP contribution in [-0.4, -0.2) is 45.3 Å². The van der Waals surface area contributed by atoms with Crippen molar-refractivity contribution >= 4 is 5.91 Å². The molecule has 2 aromatic rings. The molecule has 0 bridgehead atoms. The zero-order valence-corrected chi connectivity index (χ0v) is 20.6. The first-order chi connectivity index (χ1) is 15.6. The Morgan fingerprint density at radius 2 is 2.12 bits per heavy atom. The number of likely N-dealkylation sites (tertiary alicyclic amines) is 1. The number of carbonyl (C=O) groups excluding carboxylic acids is 1. The predicted molar refractivity (Wildman–Crippen MR) is 127 cm³/mol. The van der Waals surface area contributed by atoms with Crippen LogP contribution >= 0.6 is 0 Å². The number of aromatic nitrogens is 2. The quantitative estimate of drug-likeness (QED) is 0.714. The van der Waals surface area contributed by atoms with Gasteiger partial charge in [-0.15, -0.1) is 0 Å². The molecular weight excluding hydrogens is 414 g/mol. The number of rotatable bonds is 4. The second kappa shape index (κ2) is 8.15. The number of nitrogens with one attached hydrogen (secondary N) is 1. The molecule has 5 rings (SSSR count). The first-order valence-electron chi connectivity index (χ1n) is 12.4. The lowest BCUT2D eigenvalue weighted by Gasteiger charge is -2.51. The number of amides is 1. The summed E-state index contributed by atoms with van der Waals surface area (Å²) >= 11 is 0. The molecule has 2 saturated heterocycles. The summed E-state index contributed by atoms with van der Waals surface area (Å²) in [5.74, 6) is 1.40.